The predicted molar refractivity (Wildman–Crippen MR) is 96.2 cm³/mol. The molecule has 0 aromatic heterocycles. The molecule has 134 valence electrons. The van der Waals surface area contributed by atoms with Crippen molar-refractivity contribution in [2.45, 2.75) is 38.0 Å². The van der Waals surface area contributed by atoms with E-state index >= 15 is 0 Å². The lowest BCUT2D eigenvalue weighted by Gasteiger charge is -2.39. The van der Waals surface area contributed by atoms with E-state index in [1.807, 2.05) is 4.90 Å². The molecule has 2 amide bonds. The van der Waals surface area contributed by atoms with Crippen molar-refractivity contribution < 1.29 is 9.53 Å². The lowest BCUT2D eigenvalue weighted by molar-refractivity contribution is 0.0497. The molecule has 2 aliphatic rings. The van der Waals surface area contributed by atoms with Gasteiger partial charge >= 0.3 is 6.03 Å². The second kappa shape index (κ2) is 7.88. The van der Waals surface area contributed by atoms with Crippen molar-refractivity contribution in [2.75, 3.05) is 32.8 Å². The van der Waals surface area contributed by atoms with E-state index in [0.717, 1.165) is 38.9 Å². The minimum atomic E-state index is -0.0514. The molecule has 0 spiro atoms. The Morgan fingerprint density at radius 2 is 2.00 bits per heavy atom. The van der Waals surface area contributed by atoms with Gasteiger partial charge in [-0.15, -0.1) is 0 Å². The number of benzene rings is 1. The second-order valence-electron chi connectivity index (χ2n) is 7.26. The van der Waals surface area contributed by atoms with E-state index in [2.05, 4.69) is 42.6 Å². The van der Waals surface area contributed by atoms with Gasteiger partial charge in [0.05, 0.1) is 6.07 Å². The first kappa shape index (κ1) is 17.8. The highest BCUT2D eigenvalue weighted by Crippen LogP contribution is 2.36. The van der Waals surface area contributed by atoms with Gasteiger partial charge in [-0.25, -0.2) is 4.79 Å². The molecule has 0 radical (unpaired) electrons. The smallest absolute Gasteiger partial charge is 0.317 e. The molecular formula is C20H27N3O2. The summed E-state index contributed by atoms with van der Waals surface area (Å²) in [5, 5.41) is 12.2. The van der Waals surface area contributed by atoms with Crippen LogP contribution >= 0.6 is 0 Å². The highest BCUT2D eigenvalue weighted by Gasteiger charge is 2.36. The number of nitrogens with zero attached hydrogens (tertiary/aromatic N) is 2. The average Bonchev–Trinajstić information content (AvgIpc) is 2.67. The number of carbonyl (C=O) groups is 1. The maximum absolute atomic E-state index is 12.6. The van der Waals surface area contributed by atoms with E-state index in [0.29, 0.717) is 19.6 Å². The van der Waals surface area contributed by atoms with Crippen LogP contribution in [0, 0.1) is 24.2 Å². The van der Waals surface area contributed by atoms with Crippen LogP contribution < -0.4 is 5.32 Å². The molecule has 25 heavy (non-hydrogen) atoms. The van der Waals surface area contributed by atoms with Crippen molar-refractivity contribution in [2.24, 2.45) is 5.92 Å². The molecule has 1 N–H and O–H groups in total. The number of ether oxygens (including phenoxy) is 1. The Morgan fingerprint density at radius 3 is 2.64 bits per heavy atom. The van der Waals surface area contributed by atoms with Crippen LogP contribution in [0.2, 0.25) is 0 Å². The highest BCUT2D eigenvalue weighted by atomic mass is 16.5. The number of aryl methyl sites for hydroxylation is 1. The van der Waals surface area contributed by atoms with E-state index < -0.39 is 0 Å². The monoisotopic (exact) mass is 341 g/mol. The zero-order valence-corrected chi connectivity index (χ0v) is 15.0. The largest absolute Gasteiger partial charge is 0.381 e. The van der Waals surface area contributed by atoms with Crippen LogP contribution in [0.15, 0.2) is 24.3 Å². The molecule has 1 aromatic rings. The maximum Gasteiger partial charge on any atom is 0.317 e. The molecule has 0 unspecified atom stereocenters. The van der Waals surface area contributed by atoms with Gasteiger partial charge in [0.15, 0.2) is 0 Å². The average molecular weight is 341 g/mol. The zero-order chi connectivity index (χ0) is 17.7. The third-order valence-electron chi connectivity index (χ3n) is 5.71. The number of piperidine rings is 1. The number of hydrogen-bond acceptors (Lipinski definition) is 3. The maximum atomic E-state index is 12.6. The Labute approximate surface area is 150 Å². The first-order valence-electron chi connectivity index (χ1n) is 9.21. The fourth-order valence-corrected chi connectivity index (χ4v) is 4.04. The molecule has 5 nitrogen and oxygen atoms in total. The number of hydrogen-bond donors (Lipinski definition) is 1. The van der Waals surface area contributed by atoms with Crippen LogP contribution in [-0.4, -0.2) is 43.8 Å². The SMILES string of the molecule is Cc1ccccc1C1(CNC(=O)N2CCC(C#N)CC2)CCOCC1. The molecule has 0 bridgehead atoms. The van der Waals surface area contributed by atoms with E-state index in [-0.39, 0.29) is 17.4 Å². The molecule has 1 aromatic carbocycles. The topological polar surface area (TPSA) is 65.4 Å². The number of rotatable bonds is 3. The van der Waals surface area contributed by atoms with Crippen LogP contribution in [0.4, 0.5) is 4.79 Å². The summed E-state index contributed by atoms with van der Waals surface area (Å²) in [5.74, 6) is 0.0952. The Bertz CT molecular complexity index is 639. The van der Waals surface area contributed by atoms with Gasteiger partial charge in [-0.05, 0) is 43.7 Å². The zero-order valence-electron chi connectivity index (χ0n) is 15.0. The molecule has 2 saturated heterocycles. The van der Waals surface area contributed by atoms with E-state index in [4.69, 9.17) is 10.00 Å². The van der Waals surface area contributed by atoms with Crippen molar-refractivity contribution in [3.63, 3.8) is 0 Å². The van der Waals surface area contributed by atoms with E-state index in [1.54, 1.807) is 0 Å². The summed E-state index contributed by atoms with van der Waals surface area (Å²) in [4.78, 5) is 14.4. The summed E-state index contributed by atoms with van der Waals surface area (Å²) in [6.07, 6.45) is 3.41. The minimum absolute atomic E-state index is 0.00385. The van der Waals surface area contributed by atoms with Crippen molar-refractivity contribution in [3.05, 3.63) is 35.4 Å². The minimum Gasteiger partial charge on any atom is -0.381 e. The molecule has 0 saturated carbocycles. The molecule has 2 aliphatic heterocycles. The lowest BCUT2D eigenvalue weighted by atomic mass is 9.72. The predicted octanol–water partition coefficient (Wildman–Crippen LogP) is 2.99. The summed E-state index contributed by atoms with van der Waals surface area (Å²) in [6.45, 7) is 5.59. The summed E-state index contributed by atoms with van der Waals surface area (Å²) >= 11 is 0. The molecule has 0 atom stereocenters. The van der Waals surface area contributed by atoms with E-state index in [9.17, 15) is 4.79 Å². The van der Waals surface area contributed by atoms with Gasteiger partial charge in [0, 0.05) is 44.2 Å². The molecule has 5 heteroatoms. The van der Waals surface area contributed by atoms with Crippen LogP contribution in [0.25, 0.3) is 0 Å². The number of nitriles is 1. The van der Waals surface area contributed by atoms with Crippen LogP contribution in [0.3, 0.4) is 0 Å². The number of nitrogens with one attached hydrogen (secondary N) is 1. The van der Waals surface area contributed by atoms with Gasteiger partial charge in [0.2, 0.25) is 0 Å². The standard InChI is InChI=1S/C20H27N3O2/c1-16-4-2-3-5-18(16)20(8-12-25-13-9-20)15-22-19(24)23-10-6-17(14-21)7-11-23/h2-5,17H,6-13,15H2,1H3,(H,22,24). The number of amides is 2. The Hall–Kier alpha value is -2.06. The highest BCUT2D eigenvalue weighted by molar-refractivity contribution is 5.74. The van der Waals surface area contributed by atoms with Crippen LogP contribution in [-0.2, 0) is 10.2 Å². The fourth-order valence-electron chi connectivity index (χ4n) is 4.04. The second-order valence-corrected chi connectivity index (χ2v) is 7.26. The van der Waals surface area contributed by atoms with Gasteiger partial charge in [-0.1, -0.05) is 24.3 Å². The summed E-state index contributed by atoms with van der Waals surface area (Å²) in [5.41, 5.74) is 2.54. The Morgan fingerprint density at radius 1 is 1.32 bits per heavy atom. The fraction of sp³-hybridized carbons (Fsp3) is 0.600. The normalized spacial score (nSPS) is 20.7. The Balaban J connectivity index is 1.67. The first-order valence-corrected chi connectivity index (χ1v) is 9.21. The molecular weight excluding hydrogens is 314 g/mol. The van der Waals surface area contributed by atoms with Gasteiger partial charge in [-0.3, -0.25) is 0 Å². The first-order chi connectivity index (χ1) is 12.1. The molecule has 2 heterocycles. The Kier molecular flexibility index (Phi) is 5.60. The number of urea groups is 1. The van der Waals surface area contributed by atoms with Gasteiger partial charge in [-0.2, -0.15) is 5.26 Å². The van der Waals surface area contributed by atoms with Gasteiger partial charge < -0.3 is 15.0 Å². The number of carbonyl (C=O) groups excluding carboxylic acids is 1. The lowest BCUT2D eigenvalue weighted by Crippen LogP contribution is -2.50. The third kappa shape index (κ3) is 3.96. The molecule has 3 rings (SSSR count). The quantitative estimate of drug-likeness (QED) is 0.919. The summed E-state index contributed by atoms with van der Waals surface area (Å²) in [6, 6.07) is 10.8. The summed E-state index contributed by atoms with van der Waals surface area (Å²) in [7, 11) is 0. The third-order valence-corrected chi connectivity index (χ3v) is 5.71. The van der Waals surface area contributed by atoms with Crippen LogP contribution in [0.5, 0.6) is 0 Å². The van der Waals surface area contributed by atoms with Crippen molar-refractivity contribution in [1.29, 1.82) is 5.26 Å². The van der Waals surface area contributed by atoms with Crippen molar-refractivity contribution in [3.8, 4) is 6.07 Å². The number of likely N-dealkylation sites (tertiary alicyclic amines) is 1. The van der Waals surface area contributed by atoms with Gasteiger partial charge in [0.1, 0.15) is 0 Å². The summed E-state index contributed by atoms with van der Waals surface area (Å²) < 4.78 is 5.58. The van der Waals surface area contributed by atoms with Crippen molar-refractivity contribution in [1.82, 2.24) is 10.2 Å². The molecule has 2 fully saturated rings. The molecule has 0 aliphatic carbocycles. The van der Waals surface area contributed by atoms with Gasteiger partial charge in [0.25, 0.3) is 0 Å². The van der Waals surface area contributed by atoms with Crippen LogP contribution in [0.1, 0.15) is 36.8 Å². The van der Waals surface area contributed by atoms with E-state index in [1.165, 1.54) is 11.1 Å². The van der Waals surface area contributed by atoms with Crippen molar-refractivity contribution >= 4 is 6.03 Å².